The third-order valence-corrected chi connectivity index (χ3v) is 3.43. The summed E-state index contributed by atoms with van der Waals surface area (Å²) < 4.78 is 12.9. The highest BCUT2D eigenvalue weighted by Crippen LogP contribution is 2.18. The van der Waals surface area contributed by atoms with Crippen LogP contribution in [0.15, 0.2) is 60.8 Å². The predicted molar refractivity (Wildman–Crippen MR) is 100 cm³/mol. The number of rotatable bonds is 5. The van der Waals surface area contributed by atoms with Crippen molar-refractivity contribution >= 4 is 34.8 Å². The van der Waals surface area contributed by atoms with E-state index in [1.54, 1.807) is 24.3 Å². The number of nitrogens with one attached hydrogen (secondary N) is 3. The van der Waals surface area contributed by atoms with E-state index in [-0.39, 0.29) is 23.4 Å². The van der Waals surface area contributed by atoms with Gasteiger partial charge < -0.3 is 16.0 Å². The molecule has 0 unspecified atom stereocenters. The standard InChI is InChI=1S/C19H16FN5O2/c1-12(26)22-15-3-2-4-16(11-15)24-19-21-10-9-17(25-19)18(27)23-14-7-5-13(20)6-8-14/h2-11H,1H3,(H,22,26)(H,23,27)(H,21,24,25). The van der Waals surface area contributed by atoms with Crippen LogP contribution in [0.4, 0.5) is 27.4 Å². The van der Waals surface area contributed by atoms with E-state index in [1.165, 1.54) is 43.5 Å². The van der Waals surface area contributed by atoms with Crippen LogP contribution in [-0.4, -0.2) is 21.8 Å². The maximum absolute atomic E-state index is 12.9. The molecule has 0 saturated heterocycles. The minimum Gasteiger partial charge on any atom is -0.326 e. The van der Waals surface area contributed by atoms with E-state index in [1.807, 2.05) is 0 Å². The predicted octanol–water partition coefficient (Wildman–Crippen LogP) is 3.57. The first-order chi connectivity index (χ1) is 13.0. The van der Waals surface area contributed by atoms with Crippen molar-refractivity contribution in [2.75, 3.05) is 16.0 Å². The molecule has 7 nitrogen and oxygen atoms in total. The normalized spacial score (nSPS) is 10.1. The Balaban J connectivity index is 1.72. The minimum absolute atomic E-state index is 0.148. The molecule has 0 fully saturated rings. The Morgan fingerprint density at radius 2 is 1.67 bits per heavy atom. The molecule has 8 heteroatoms. The first-order valence-electron chi connectivity index (χ1n) is 8.04. The van der Waals surface area contributed by atoms with Crippen LogP contribution in [0, 0.1) is 5.82 Å². The lowest BCUT2D eigenvalue weighted by Gasteiger charge is -2.09. The van der Waals surface area contributed by atoms with Gasteiger partial charge in [0, 0.05) is 30.2 Å². The molecule has 0 aliphatic carbocycles. The quantitative estimate of drug-likeness (QED) is 0.642. The molecule has 1 aromatic heterocycles. The molecule has 1 heterocycles. The fourth-order valence-corrected chi connectivity index (χ4v) is 2.28. The van der Waals surface area contributed by atoms with Crippen LogP contribution in [0.3, 0.4) is 0 Å². The van der Waals surface area contributed by atoms with Gasteiger partial charge in [0.15, 0.2) is 0 Å². The van der Waals surface area contributed by atoms with Crippen molar-refractivity contribution in [2.24, 2.45) is 0 Å². The third-order valence-electron chi connectivity index (χ3n) is 3.43. The van der Waals surface area contributed by atoms with Crippen LogP contribution in [0.1, 0.15) is 17.4 Å². The lowest BCUT2D eigenvalue weighted by Crippen LogP contribution is -2.14. The zero-order valence-corrected chi connectivity index (χ0v) is 14.4. The molecular weight excluding hydrogens is 349 g/mol. The molecule has 136 valence electrons. The Morgan fingerprint density at radius 1 is 0.926 bits per heavy atom. The van der Waals surface area contributed by atoms with Crippen molar-refractivity contribution in [2.45, 2.75) is 6.92 Å². The van der Waals surface area contributed by atoms with Gasteiger partial charge in [-0.15, -0.1) is 0 Å². The molecule has 0 bridgehead atoms. The van der Waals surface area contributed by atoms with Gasteiger partial charge in [-0.3, -0.25) is 9.59 Å². The van der Waals surface area contributed by atoms with Gasteiger partial charge in [0.2, 0.25) is 11.9 Å². The van der Waals surface area contributed by atoms with Crippen molar-refractivity contribution < 1.29 is 14.0 Å². The number of aromatic nitrogens is 2. The minimum atomic E-state index is -0.445. The Kier molecular flexibility index (Phi) is 5.36. The molecule has 3 N–H and O–H groups in total. The molecule has 2 aromatic carbocycles. The van der Waals surface area contributed by atoms with E-state index in [4.69, 9.17) is 0 Å². The van der Waals surface area contributed by atoms with Crippen molar-refractivity contribution in [3.63, 3.8) is 0 Å². The molecule has 2 amide bonds. The summed E-state index contributed by atoms with van der Waals surface area (Å²) in [6.07, 6.45) is 1.45. The molecule has 0 saturated carbocycles. The van der Waals surface area contributed by atoms with E-state index in [0.29, 0.717) is 17.1 Å². The van der Waals surface area contributed by atoms with Gasteiger partial charge in [-0.05, 0) is 48.5 Å². The van der Waals surface area contributed by atoms with Crippen LogP contribution in [0.5, 0.6) is 0 Å². The lowest BCUT2D eigenvalue weighted by molar-refractivity contribution is -0.114. The molecule has 27 heavy (non-hydrogen) atoms. The lowest BCUT2D eigenvalue weighted by atomic mass is 10.2. The molecule has 0 atom stereocenters. The Labute approximate surface area is 154 Å². The van der Waals surface area contributed by atoms with Crippen LogP contribution >= 0.6 is 0 Å². The summed E-state index contributed by atoms with van der Waals surface area (Å²) in [6, 6.07) is 13.9. The average Bonchev–Trinajstić information content (AvgIpc) is 2.63. The highest BCUT2D eigenvalue weighted by Gasteiger charge is 2.10. The van der Waals surface area contributed by atoms with Gasteiger partial charge in [0.25, 0.3) is 5.91 Å². The topological polar surface area (TPSA) is 96.0 Å². The molecule has 3 aromatic rings. The first-order valence-corrected chi connectivity index (χ1v) is 8.04. The number of anilines is 4. The molecular formula is C19H16FN5O2. The number of hydrogen-bond donors (Lipinski definition) is 3. The SMILES string of the molecule is CC(=O)Nc1cccc(Nc2nccc(C(=O)Nc3ccc(F)cc3)n2)c1. The average molecular weight is 365 g/mol. The molecule has 0 radical (unpaired) electrons. The fraction of sp³-hybridized carbons (Fsp3) is 0.0526. The largest absolute Gasteiger partial charge is 0.326 e. The number of carbonyl (C=O) groups is 2. The van der Waals surface area contributed by atoms with Gasteiger partial charge in [-0.25, -0.2) is 14.4 Å². The molecule has 0 aliphatic heterocycles. The van der Waals surface area contributed by atoms with Crippen LogP contribution in [0.25, 0.3) is 0 Å². The number of benzene rings is 2. The summed E-state index contributed by atoms with van der Waals surface area (Å²) in [6.45, 7) is 1.42. The van der Waals surface area contributed by atoms with E-state index < -0.39 is 5.91 Å². The molecule has 0 spiro atoms. The van der Waals surface area contributed by atoms with Gasteiger partial charge in [0.1, 0.15) is 11.5 Å². The summed E-state index contributed by atoms with van der Waals surface area (Å²) in [5.41, 5.74) is 1.88. The molecule has 0 aliphatic rings. The van der Waals surface area contributed by atoms with Crippen LogP contribution < -0.4 is 16.0 Å². The summed E-state index contributed by atoms with van der Waals surface area (Å²) >= 11 is 0. The maximum atomic E-state index is 12.9. The zero-order valence-electron chi connectivity index (χ0n) is 14.4. The Bertz CT molecular complexity index is 976. The van der Waals surface area contributed by atoms with Crippen molar-refractivity contribution in [1.29, 1.82) is 0 Å². The first kappa shape index (κ1) is 18.0. The number of nitrogens with zero attached hydrogens (tertiary/aromatic N) is 2. The van der Waals surface area contributed by atoms with Crippen molar-refractivity contribution in [3.05, 3.63) is 72.3 Å². The van der Waals surface area contributed by atoms with Gasteiger partial charge >= 0.3 is 0 Å². The second-order valence-electron chi connectivity index (χ2n) is 5.61. The van der Waals surface area contributed by atoms with Crippen molar-refractivity contribution in [3.8, 4) is 0 Å². The number of halogens is 1. The van der Waals surface area contributed by atoms with Gasteiger partial charge in [0.05, 0.1) is 0 Å². The van der Waals surface area contributed by atoms with E-state index in [2.05, 4.69) is 25.9 Å². The highest BCUT2D eigenvalue weighted by atomic mass is 19.1. The monoisotopic (exact) mass is 365 g/mol. The third kappa shape index (κ3) is 5.08. The summed E-state index contributed by atoms with van der Waals surface area (Å²) in [7, 11) is 0. The summed E-state index contributed by atoms with van der Waals surface area (Å²) in [4.78, 5) is 31.7. The maximum Gasteiger partial charge on any atom is 0.274 e. The zero-order chi connectivity index (χ0) is 19.2. The van der Waals surface area contributed by atoms with Crippen LogP contribution in [-0.2, 0) is 4.79 Å². The Morgan fingerprint density at radius 3 is 2.41 bits per heavy atom. The smallest absolute Gasteiger partial charge is 0.274 e. The van der Waals surface area contributed by atoms with E-state index in [9.17, 15) is 14.0 Å². The highest BCUT2D eigenvalue weighted by molar-refractivity contribution is 6.03. The van der Waals surface area contributed by atoms with E-state index >= 15 is 0 Å². The summed E-state index contributed by atoms with van der Waals surface area (Å²) in [5.74, 6) is -0.785. The second kappa shape index (κ2) is 8.05. The number of carbonyl (C=O) groups excluding carboxylic acids is 2. The summed E-state index contributed by atoms with van der Waals surface area (Å²) in [5, 5.41) is 8.30. The Hall–Kier alpha value is -3.81. The van der Waals surface area contributed by atoms with Crippen LogP contribution in [0.2, 0.25) is 0 Å². The second-order valence-corrected chi connectivity index (χ2v) is 5.61. The fourth-order valence-electron chi connectivity index (χ4n) is 2.28. The number of amides is 2. The van der Waals surface area contributed by atoms with Gasteiger partial charge in [-0.2, -0.15) is 0 Å². The number of hydrogen-bond acceptors (Lipinski definition) is 5. The van der Waals surface area contributed by atoms with Gasteiger partial charge in [-0.1, -0.05) is 6.07 Å². The molecule has 3 rings (SSSR count). The van der Waals surface area contributed by atoms with Crippen molar-refractivity contribution in [1.82, 2.24) is 9.97 Å². The van der Waals surface area contributed by atoms with E-state index in [0.717, 1.165) is 0 Å².